The van der Waals surface area contributed by atoms with Gasteiger partial charge in [0, 0.05) is 25.5 Å². The lowest BCUT2D eigenvalue weighted by molar-refractivity contribution is -0.703. The highest BCUT2D eigenvalue weighted by Crippen LogP contribution is 2.13. The highest BCUT2D eigenvalue weighted by Gasteiger charge is 2.05. The first-order valence-electron chi connectivity index (χ1n) is 11.7. The Morgan fingerprint density at radius 1 is 0.630 bits per heavy atom. The summed E-state index contributed by atoms with van der Waals surface area (Å²) in [6.07, 6.45) is 25.3. The molecule has 1 heterocycles. The third kappa shape index (κ3) is 15.1. The normalized spacial score (nSPS) is 10.8. The van der Waals surface area contributed by atoms with Crippen molar-refractivity contribution >= 4 is 0 Å². The van der Waals surface area contributed by atoms with Gasteiger partial charge in [0.15, 0.2) is 11.9 Å². The highest BCUT2D eigenvalue weighted by atomic mass is 35.5. The second kappa shape index (κ2) is 18.8. The van der Waals surface area contributed by atoms with E-state index in [9.17, 15) is 0 Å². The van der Waals surface area contributed by atoms with E-state index in [0.29, 0.717) is 0 Å². The lowest BCUT2D eigenvalue weighted by Crippen LogP contribution is -3.00. The minimum atomic E-state index is 0. The zero-order valence-electron chi connectivity index (χ0n) is 18.6. The molecule has 1 aromatic rings. The van der Waals surface area contributed by atoms with Crippen molar-refractivity contribution in [2.45, 2.75) is 130 Å². The van der Waals surface area contributed by atoms with Gasteiger partial charge in [0.05, 0.1) is 0 Å². The van der Waals surface area contributed by atoms with Gasteiger partial charge in [-0.05, 0) is 18.9 Å². The van der Waals surface area contributed by atoms with Gasteiger partial charge < -0.3 is 12.4 Å². The number of pyridine rings is 1. The molecular weight excluding hydrogens is 350 g/mol. The molecule has 0 spiro atoms. The minimum Gasteiger partial charge on any atom is -1.00 e. The van der Waals surface area contributed by atoms with E-state index in [-0.39, 0.29) is 12.4 Å². The quantitative estimate of drug-likeness (QED) is 0.262. The summed E-state index contributed by atoms with van der Waals surface area (Å²) >= 11 is 0. The largest absolute Gasteiger partial charge is 1.00 e. The zero-order valence-corrected chi connectivity index (χ0v) is 19.3. The molecule has 1 nitrogen and oxygen atoms in total. The van der Waals surface area contributed by atoms with Crippen LogP contribution in [0.5, 0.6) is 0 Å². The second-order valence-corrected chi connectivity index (χ2v) is 8.34. The molecule has 27 heavy (non-hydrogen) atoms. The molecule has 0 aliphatic carbocycles. The number of aryl methyl sites for hydroxylation is 3. The Morgan fingerprint density at radius 3 is 1.44 bits per heavy atom. The van der Waals surface area contributed by atoms with Gasteiger partial charge in [-0.1, -0.05) is 96.8 Å². The molecule has 0 unspecified atom stereocenters. The predicted molar refractivity (Wildman–Crippen MR) is 116 cm³/mol. The minimum absolute atomic E-state index is 0. The number of aromatic nitrogens is 1. The van der Waals surface area contributed by atoms with Crippen LogP contribution in [0, 0.1) is 13.8 Å². The van der Waals surface area contributed by atoms with Crippen LogP contribution in [0.15, 0.2) is 18.3 Å². The molecule has 1 aromatic heterocycles. The molecule has 0 radical (unpaired) electrons. The van der Waals surface area contributed by atoms with Crippen molar-refractivity contribution in [2.24, 2.45) is 0 Å². The van der Waals surface area contributed by atoms with Crippen molar-refractivity contribution < 1.29 is 17.0 Å². The Hall–Kier alpha value is -0.560. The monoisotopic (exact) mass is 395 g/mol. The van der Waals surface area contributed by atoms with Crippen LogP contribution < -0.4 is 17.0 Å². The Balaban J connectivity index is 0.00000676. The van der Waals surface area contributed by atoms with Gasteiger partial charge in [0.1, 0.15) is 6.54 Å². The number of nitrogens with zero attached hydrogens (tertiary/aromatic N) is 1. The van der Waals surface area contributed by atoms with Gasteiger partial charge in [-0.15, -0.1) is 0 Å². The van der Waals surface area contributed by atoms with E-state index in [0.717, 1.165) is 0 Å². The summed E-state index contributed by atoms with van der Waals surface area (Å²) in [7, 11) is 0. The van der Waals surface area contributed by atoms with E-state index >= 15 is 0 Å². The van der Waals surface area contributed by atoms with E-state index in [1.54, 1.807) is 0 Å². The molecule has 0 aromatic carbocycles. The third-order valence-electron chi connectivity index (χ3n) is 5.66. The summed E-state index contributed by atoms with van der Waals surface area (Å²) in [5.74, 6) is 0. The van der Waals surface area contributed by atoms with Crippen molar-refractivity contribution in [3.8, 4) is 0 Å². The Bertz CT molecular complexity index is 444. The summed E-state index contributed by atoms with van der Waals surface area (Å²) in [5.41, 5.74) is 2.76. The van der Waals surface area contributed by atoms with Crippen LogP contribution in [0.2, 0.25) is 0 Å². The maximum atomic E-state index is 2.40. The van der Waals surface area contributed by atoms with Crippen LogP contribution in [-0.2, 0) is 6.54 Å². The number of halogens is 1. The maximum Gasteiger partial charge on any atom is 0.178 e. The molecule has 0 amide bonds. The van der Waals surface area contributed by atoms with Gasteiger partial charge in [-0.2, -0.15) is 0 Å². The summed E-state index contributed by atoms with van der Waals surface area (Å²) in [5, 5.41) is 0. The lowest BCUT2D eigenvalue weighted by atomic mass is 10.0. The number of hydrogen-bond acceptors (Lipinski definition) is 0. The predicted octanol–water partition coefficient (Wildman–Crippen LogP) is 4.86. The zero-order chi connectivity index (χ0) is 18.9. The molecule has 2 heteroatoms. The van der Waals surface area contributed by atoms with E-state index < -0.39 is 0 Å². The van der Waals surface area contributed by atoms with E-state index in [2.05, 4.69) is 43.7 Å². The summed E-state index contributed by atoms with van der Waals surface area (Å²) in [6, 6.07) is 4.51. The van der Waals surface area contributed by atoms with Gasteiger partial charge in [-0.25, -0.2) is 4.57 Å². The van der Waals surface area contributed by atoms with Crippen LogP contribution in [0.1, 0.15) is 121 Å². The molecule has 0 atom stereocenters. The fourth-order valence-electron chi connectivity index (χ4n) is 3.87. The van der Waals surface area contributed by atoms with Crippen molar-refractivity contribution in [3.63, 3.8) is 0 Å². The van der Waals surface area contributed by atoms with E-state index in [1.807, 2.05) is 0 Å². The molecule has 0 aliphatic heterocycles. The highest BCUT2D eigenvalue weighted by molar-refractivity contribution is 5.08. The number of rotatable bonds is 17. The van der Waals surface area contributed by atoms with Gasteiger partial charge in [-0.3, -0.25) is 0 Å². The van der Waals surface area contributed by atoms with Crippen molar-refractivity contribution in [1.29, 1.82) is 0 Å². The van der Waals surface area contributed by atoms with Gasteiger partial charge >= 0.3 is 0 Å². The molecule has 0 N–H and O–H groups in total. The second-order valence-electron chi connectivity index (χ2n) is 8.34. The lowest BCUT2D eigenvalue weighted by Gasteiger charge is -2.04. The molecule has 0 saturated carbocycles. The smallest absolute Gasteiger partial charge is 0.178 e. The first kappa shape index (κ1) is 26.4. The SMILES string of the molecule is CCCCCCCCCCCCCCCCCC[n+]1ccc(C)cc1C.[Cl-]. The Morgan fingerprint density at radius 2 is 1.04 bits per heavy atom. The Labute approximate surface area is 176 Å². The molecule has 1 rings (SSSR count). The van der Waals surface area contributed by atoms with Crippen LogP contribution in [-0.4, -0.2) is 0 Å². The molecule has 0 bridgehead atoms. The third-order valence-corrected chi connectivity index (χ3v) is 5.66. The van der Waals surface area contributed by atoms with Crippen molar-refractivity contribution in [3.05, 3.63) is 29.6 Å². The molecule has 0 saturated heterocycles. The van der Waals surface area contributed by atoms with Gasteiger partial charge in [0.2, 0.25) is 0 Å². The molecule has 0 fully saturated rings. The summed E-state index contributed by atoms with van der Waals surface area (Å²) in [4.78, 5) is 0. The fourth-order valence-corrected chi connectivity index (χ4v) is 3.87. The van der Waals surface area contributed by atoms with E-state index in [1.165, 1.54) is 121 Å². The topological polar surface area (TPSA) is 3.88 Å². The van der Waals surface area contributed by atoms with Crippen LogP contribution in [0.25, 0.3) is 0 Å². The van der Waals surface area contributed by atoms with E-state index in [4.69, 9.17) is 0 Å². The maximum absolute atomic E-state index is 2.40. The van der Waals surface area contributed by atoms with Crippen molar-refractivity contribution in [2.75, 3.05) is 0 Å². The summed E-state index contributed by atoms with van der Waals surface area (Å²) < 4.78 is 2.40. The van der Waals surface area contributed by atoms with Crippen LogP contribution in [0.3, 0.4) is 0 Å². The number of unbranched alkanes of at least 4 members (excludes halogenated alkanes) is 15. The first-order valence-corrected chi connectivity index (χ1v) is 11.7. The van der Waals surface area contributed by atoms with Crippen molar-refractivity contribution in [1.82, 2.24) is 0 Å². The molecule has 158 valence electrons. The standard InChI is InChI=1S/C25H46N.ClH/c1-4-5-6-7-8-9-10-11-12-13-14-15-16-17-18-19-21-26-22-20-24(2)23-25(26)3;/h20,22-23H,4-19,21H2,1-3H3;1H/q+1;/p-1. The van der Waals surface area contributed by atoms with Gasteiger partial charge in [0.25, 0.3) is 0 Å². The first-order chi connectivity index (χ1) is 12.7. The summed E-state index contributed by atoms with van der Waals surface area (Å²) in [6.45, 7) is 7.88. The molecule has 0 aliphatic rings. The average Bonchev–Trinajstić information content (AvgIpc) is 2.63. The van der Waals surface area contributed by atoms with Crippen LogP contribution in [0.4, 0.5) is 0 Å². The number of hydrogen-bond donors (Lipinski definition) is 0. The molecular formula is C25H46ClN. The van der Waals surface area contributed by atoms with Crippen LogP contribution >= 0.6 is 0 Å². The Kier molecular flexibility index (Phi) is 18.4. The fraction of sp³-hybridized carbons (Fsp3) is 0.800. The average molecular weight is 396 g/mol.